The number of rotatable bonds is 6. The summed E-state index contributed by atoms with van der Waals surface area (Å²) in [6, 6.07) is 0. The highest BCUT2D eigenvalue weighted by Crippen LogP contribution is 2.46. The van der Waals surface area contributed by atoms with E-state index in [0.717, 1.165) is 0 Å². The number of alkyl halides is 1. The van der Waals surface area contributed by atoms with Gasteiger partial charge in [-0.05, 0) is 52.2 Å². The molecule has 0 saturated heterocycles. The molecule has 0 fully saturated rings. The molecular formula is C19H30ClNO3. The Hall–Kier alpha value is -1.29. The predicted octanol–water partition coefficient (Wildman–Crippen LogP) is 3.94. The summed E-state index contributed by atoms with van der Waals surface area (Å²) < 4.78 is 5.58. The van der Waals surface area contributed by atoms with Crippen LogP contribution in [-0.4, -0.2) is 42.9 Å². The maximum atomic E-state index is 12.3. The molecule has 0 aliphatic heterocycles. The molecule has 1 aliphatic carbocycles. The number of amides is 1. The van der Waals surface area contributed by atoms with Crippen LogP contribution in [0, 0.1) is 11.3 Å². The van der Waals surface area contributed by atoms with E-state index in [1.54, 1.807) is 21.0 Å². The predicted molar refractivity (Wildman–Crippen MR) is 97.9 cm³/mol. The molecule has 0 aromatic rings. The number of ether oxygens (including phenoxy) is 1. The topological polar surface area (TPSA) is 46.6 Å². The number of nitrogens with zero attached hydrogens (tertiary/aromatic N) is 1. The minimum atomic E-state index is -0.711. The number of hydrogen-bond acceptors (Lipinski definition) is 3. The molecule has 0 radical (unpaired) electrons. The van der Waals surface area contributed by atoms with E-state index in [1.165, 1.54) is 27.2 Å². The number of halogens is 1. The van der Waals surface area contributed by atoms with Gasteiger partial charge in [0.2, 0.25) is 5.91 Å². The minimum absolute atomic E-state index is 0.192. The molecule has 4 nitrogen and oxygen atoms in total. The van der Waals surface area contributed by atoms with Crippen molar-refractivity contribution in [3.63, 3.8) is 0 Å². The first-order valence-corrected chi connectivity index (χ1v) is 8.75. The Morgan fingerprint density at radius 1 is 1.12 bits per heavy atom. The Morgan fingerprint density at radius 2 is 1.58 bits per heavy atom. The maximum Gasteiger partial charge on any atom is 0.308 e. The quantitative estimate of drug-likeness (QED) is 0.535. The van der Waals surface area contributed by atoms with Gasteiger partial charge in [-0.25, -0.2) is 0 Å². The summed E-state index contributed by atoms with van der Waals surface area (Å²) in [4.78, 5) is 25.5. The number of carbonyl (C=O) groups is 2. The second-order valence-electron chi connectivity index (χ2n) is 7.28. The van der Waals surface area contributed by atoms with Crippen molar-refractivity contribution in [1.29, 1.82) is 0 Å². The zero-order valence-corrected chi connectivity index (χ0v) is 16.9. The molecule has 5 heteroatoms. The molecule has 0 saturated carbocycles. The molecule has 0 N–H and O–H groups in total. The van der Waals surface area contributed by atoms with Crippen molar-refractivity contribution in [2.75, 3.05) is 20.7 Å². The monoisotopic (exact) mass is 355 g/mol. The van der Waals surface area contributed by atoms with Crippen LogP contribution in [0.1, 0.15) is 48.0 Å². The van der Waals surface area contributed by atoms with Crippen LogP contribution < -0.4 is 0 Å². The fourth-order valence-electron chi connectivity index (χ4n) is 3.03. The third-order valence-electron chi connectivity index (χ3n) is 5.52. The van der Waals surface area contributed by atoms with Crippen LogP contribution in [-0.2, 0) is 14.3 Å². The summed E-state index contributed by atoms with van der Waals surface area (Å²) in [6.07, 6.45) is 0.274. The van der Waals surface area contributed by atoms with Gasteiger partial charge in [0.1, 0.15) is 12.0 Å². The van der Waals surface area contributed by atoms with Crippen LogP contribution in [0.2, 0.25) is 0 Å². The van der Waals surface area contributed by atoms with Gasteiger partial charge in [0, 0.05) is 19.5 Å². The molecule has 2 atom stereocenters. The van der Waals surface area contributed by atoms with Crippen LogP contribution in [0.25, 0.3) is 0 Å². The van der Waals surface area contributed by atoms with E-state index in [1.807, 2.05) is 0 Å². The first kappa shape index (κ1) is 20.8. The highest BCUT2D eigenvalue weighted by atomic mass is 35.5. The molecule has 1 aliphatic rings. The van der Waals surface area contributed by atoms with Crippen molar-refractivity contribution in [3.8, 4) is 0 Å². The molecule has 0 heterocycles. The molecule has 24 heavy (non-hydrogen) atoms. The average Bonchev–Trinajstić information content (AvgIpc) is 2.67. The number of allylic oxidation sites excluding steroid dienone is 2. The molecule has 1 amide bonds. The number of carbonyl (C=O) groups excluding carboxylic acids is 2. The second-order valence-corrected chi connectivity index (χ2v) is 7.80. The first-order valence-electron chi connectivity index (χ1n) is 8.31. The zero-order chi connectivity index (χ0) is 18.8. The van der Waals surface area contributed by atoms with E-state index in [2.05, 4.69) is 34.6 Å². The van der Waals surface area contributed by atoms with Gasteiger partial charge in [-0.2, -0.15) is 0 Å². The highest BCUT2D eigenvalue weighted by molar-refractivity contribution is 6.30. The highest BCUT2D eigenvalue weighted by Gasteiger charge is 2.38. The van der Waals surface area contributed by atoms with E-state index < -0.39 is 11.3 Å². The van der Waals surface area contributed by atoms with Gasteiger partial charge in [0.15, 0.2) is 0 Å². The van der Waals surface area contributed by atoms with E-state index >= 15 is 0 Å². The van der Waals surface area contributed by atoms with Crippen molar-refractivity contribution in [2.45, 2.75) is 53.3 Å². The zero-order valence-electron chi connectivity index (χ0n) is 16.1. The van der Waals surface area contributed by atoms with Crippen molar-refractivity contribution in [2.24, 2.45) is 11.3 Å². The third kappa shape index (κ3) is 4.02. The van der Waals surface area contributed by atoms with Gasteiger partial charge in [-0.15, -0.1) is 11.6 Å². The van der Waals surface area contributed by atoms with Gasteiger partial charge in [0.05, 0.1) is 5.92 Å². The van der Waals surface area contributed by atoms with Crippen molar-refractivity contribution >= 4 is 23.5 Å². The minimum Gasteiger partial charge on any atom is -0.464 e. The largest absolute Gasteiger partial charge is 0.464 e. The lowest BCUT2D eigenvalue weighted by Crippen LogP contribution is -2.33. The van der Waals surface area contributed by atoms with Crippen LogP contribution in [0.3, 0.4) is 0 Å². The fraction of sp³-hybridized carbons (Fsp3) is 0.684. The summed E-state index contributed by atoms with van der Waals surface area (Å²) in [7, 11) is 3.30. The molecule has 2 unspecified atom stereocenters. The van der Waals surface area contributed by atoms with Crippen LogP contribution in [0.15, 0.2) is 22.3 Å². The average molecular weight is 356 g/mol. The Kier molecular flexibility index (Phi) is 6.68. The van der Waals surface area contributed by atoms with E-state index in [0.29, 0.717) is 6.61 Å². The first-order chi connectivity index (χ1) is 10.9. The molecule has 0 aromatic heterocycles. The van der Waals surface area contributed by atoms with Gasteiger partial charge >= 0.3 is 5.97 Å². The van der Waals surface area contributed by atoms with Gasteiger partial charge in [0.25, 0.3) is 0 Å². The van der Waals surface area contributed by atoms with E-state index in [-0.39, 0.29) is 23.7 Å². The number of esters is 1. The lowest BCUT2D eigenvalue weighted by molar-refractivity contribution is -0.150. The van der Waals surface area contributed by atoms with Gasteiger partial charge in [-0.3, -0.25) is 9.59 Å². The third-order valence-corrected chi connectivity index (χ3v) is 5.88. The van der Waals surface area contributed by atoms with Crippen molar-refractivity contribution in [1.82, 2.24) is 4.90 Å². The van der Waals surface area contributed by atoms with Gasteiger partial charge in [-0.1, -0.05) is 18.1 Å². The summed E-state index contributed by atoms with van der Waals surface area (Å²) >= 11 is 6.09. The number of hydrogen-bond donors (Lipinski definition) is 0. The van der Waals surface area contributed by atoms with Crippen LogP contribution >= 0.6 is 11.6 Å². The van der Waals surface area contributed by atoms with Crippen LogP contribution in [0.5, 0.6) is 0 Å². The maximum absolute atomic E-state index is 12.3. The lowest BCUT2D eigenvalue weighted by Gasteiger charge is -2.29. The Bertz CT molecular complexity index is 565. The Morgan fingerprint density at radius 3 is 2.00 bits per heavy atom. The van der Waals surface area contributed by atoms with Crippen LogP contribution in [0.4, 0.5) is 0 Å². The Labute approximate surface area is 150 Å². The van der Waals surface area contributed by atoms with Crippen molar-refractivity contribution < 1.29 is 14.3 Å². The fourth-order valence-corrected chi connectivity index (χ4v) is 3.50. The summed E-state index contributed by atoms with van der Waals surface area (Å²) in [6.45, 7) is 12.6. The molecule has 0 spiro atoms. The molecule has 1 rings (SSSR count). The standard InChI is InChI=1S/C19H30ClNO3/c1-11(9-16(20)17(22)21(7)8)18(23)24-10-19(6)14(4)12(2)13(3)15(19)5/h11,16H,9-10H2,1-8H3. The molecule has 136 valence electrons. The second kappa shape index (κ2) is 7.73. The molecule has 0 bridgehead atoms. The van der Waals surface area contributed by atoms with E-state index in [4.69, 9.17) is 16.3 Å². The van der Waals surface area contributed by atoms with E-state index in [9.17, 15) is 9.59 Å². The van der Waals surface area contributed by atoms with Gasteiger partial charge < -0.3 is 9.64 Å². The Balaban J connectivity index is 2.68. The SMILES string of the molecule is CC1=C(C)C(C)(COC(=O)C(C)CC(Cl)C(=O)N(C)C)C(C)=C1C. The molecule has 0 aromatic carbocycles. The lowest BCUT2D eigenvalue weighted by atomic mass is 9.80. The normalized spacial score (nSPS) is 19.4. The summed E-state index contributed by atoms with van der Waals surface area (Å²) in [5.74, 6) is -0.920. The molecular weight excluding hydrogens is 326 g/mol. The smallest absolute Gasteiger partial charge is 0.308 e. The summed E-state index contributed by atoms with van der Waals surface area (Å²) in [5.41, 5.74) is 4.79. The van der Waals surface area contributed by atoms with Crippen molar-refractivity contribution in [3.05, 3.63) is 22.3 Å². The summed E-state index contributed by atoms with van der Waals surface area (Å²) in [5, 5.41) is -0.711.